The van der Waals surface area contributed by atoms with Gasteiger partial charge in [-0.25, -0.2) is 5.43 Å². The molecule has 1 aromatic carbocycles. The number of furan rings is 1. The standard InChI is InChI=1S/C16H16ClN3O3/c1-11(14-7-4-10-23-14)19-20-16(22)9-8-15(21)18-13-6-3-2-5-12(13)17/h2-7,10H,8-9H2,1H3,(H,18,21)(H,20,22)/b19-11-. The minimum atomic E-state index is -0.356. The predicted molar refractivity (Wildman–Crippen MR) is 88.4 cm³/mol. The molecule has 23 heavy (non-hydrogen) atoms. The maximum Gasteiger partial charge on any atom is 0.240 e. The summed E-state index contributed by atoms with van der Waals surface area (Å²) < 4.78 is 5.14. The average molecular weight is 334 g/mol. The first-order valence-electron chi connectivity index (χ1n) is 6.97. The summed E-state index contributed by atoms with van der Waals surface area (Å²) in [6.07, 6.45) is 1.58. The Bertz CT molecular complexity index is 711. The second-order valence-electron chi connectivity index (χ2n) is 4.74. The fourth-order valence-corrected chi connectivity index (χ4v) is 1.93. The Labute approximate surface area is 138 Å². The Balaban J connectivity index is 1.77. The van der Waals surface area contributed by atoms with Gasteiger partial charge in [0.05, 0.1) is 17.0 Å². The van der Waals surface area contributed by atoms with Crippen LogP contribution in [0.1, 0.15) is 25.5 Å². The fraction of sp³-hybridized carbons (Fsp3) is 0.188. The third kappa shape index (κ3) is 5.27. The van der Waals surface area contributed by atoms with Crippen LogP contribution >= 0.6 is 11.6 Å². The molecule has 2 rings (SSSR count). The molecule has 1 aromatic heterocycles. The van der Waals surface area contributed by atoms with Crippen LogP contribution in [-0.2, 0) is 9.59 Å². The summed E-state index contributed by atoms with van der Waals surface area (Å²) in [7, 11) is 0. The molecule has 0 unspecified atom stereocenters. The van der Waals surface area contributed by atoms with Crippen LogP contribution < -0.4 is 10.7 Å². The van der Waals surface area contributed by atoms with E-state index in [-0.39, 0.29) is 24.7 Å². The third-order valence-corrected chi connectivity index (χ3v) is 3.28. The summed E-state index contributed by atoms with van der Waals surface area (Å²) in [5, 5.41) is 7.01. The maximum atomic E-state index is 11.8. The number of benzene rings is 1. The second kappa shape index (κ2) is 8.14. The molecule has 0 saturated heterocycles. The molecule has 2 amide bonds. The number of hydrogen-bond donors (Lipinski definition) is 2. The summed E-state index contributed by atoms with van der Waals surface area (Å²) in [4.78, 5) is 23.5. The van der Waals surface area contributed by atoms with Crippen molar-refractivity contribution in [3.63, 3.8) is 0 Å². The molecule has 0 aliphatic carbocycles. The summed E-state index contributed by atoms with van der Waals surface area (Å²) in [5.74, 6) is -0.0769. The molecule has 0 spiro atoms. The normalized spacial score (nSPS) is 11.1. The number of halogens is 1. The number of amides is 2. The van der Waals surface area contributed by atoms with E-state index in [9.17, 15) is 9.59 Å². The topological polar surface area (TPSA) is 83.7 Å². The molecule has 6 nitrogen and oxygen atoms in total. The quantitative estimate of drug-likeness (QED) is 0.629. The Kier molecular flexibility index (Phi) is 5.94. The van der Waals surface area contributed by atoms with Gasteiger partial charge in [-0.15, -0.1) is 0 Å². The van der Waals surface area contributed by atoms with Crippen LogP contribution in [0.5, 0.6) is 0 Å². The number of anilines is 1. The highest BCUT2D eigenvalue weighted by molar-refractivity contribution is 6.33. The van der Waals surface area contributed by atoms with E-state index < -0.39 is 0 Å². The van der Waals surface area contributed by atoms with E-state index in [1.54, 1.807) is 43.3 Å². The summed E-state index contributed by atoms with van der Waals surface area (Å²) in [5.41, 5.74) is 3.45. The number of carbonyl (C=O) groups excluding carboxylic acids is 2. The van der Waals surface area contributed by atoms with E-state index in [4.69, 9.17) is 16.0 Å². The van der Waals surface area contributed by atoms with Gasteiger partial charge in [0.15, 0.2) is 0 Å². The summed E-state index contributed by atoms with van der Waals surface area (Å²) >= 11 is 5.94. The Hall–Kier alpha value is -2.60. The average Bonchev–Trinajstić information content (AvgIpc) is 3.07. The molecular formula is C16H16ClN3O3. The van der Waals surface area contributed by atoms with Crippen molar-refractivity contribution in [2.24, 2.45) is 5.10 Å². The van der Waals surface area contributed by atoms with Crippen LogP contribution in [0.15, 0.2) is 52.2 Å². The molecule has 1 heterocycles. The van der Waals surface area contributed by atoms with Crippen molar-refractivity contribution in [1.29, 1.82) is 0 Å². The number of nitrogens with zero attached hydrogens (tertiary/aromatic N) is 1. The number of hydrogen-bond acceptors (Lipinski definition) is 4. The summed E-state index contributed by atoms with van der Waals surface area (Å²) in [6, 6.07) is 10.4. The van der Waals surface area contributed by atoms with Gasteiger partial charge in [0.1, 0.15) is 11.5 Å². The van der Waals surface area contributed by atoms with Gasteiger partial charge < -0.3 is 9.73 Å². The van der Waals surface area contributed by atoms with Gasteiger partial charge >= 0.3 is 0 Å². The van der Waals surface area contributed by atoms with Crippen LogP contribution in [0.25, 0.3) is 0 Å². The largest absolute Gasteiger partial charge is 0.463 e. The van der Waals surface area contributed by atoms with Crippen molar-refractivity contribution in [1.82, 2.24) is 5.43 Å². The number of hydrazone groups is 1. The predicted octanol–water partition coefficient (Wildman–Crippen LogP) is 3.19. The number of nitrogens with one attached hydrogen (secondary N) is 2. The van der Waals surface area contributed by atoms with Gasteiger partial charge in [0.2, 0.25) is 11.8 Å². The monoisotopic (exact) mass is 333 g/mol. The molecule has 0 aliphatic heterocycles. The van der Waals surface area contributed by atoms with Crippen LogP contribution in [-0.4, -0.2) is 17.5 Å². The number of rotatable bonds is 6. The van der Waals surface area contributed by atoms with Gasteiger partial charge in [0, 0.05) is 12.8 Å². The third-order valence-electron chi connectivity index (χ3n) is 2.95. The zero-order valence-electron chi connectivity index (χ0n) is 12.5. The van der Waals surface area contributed by atoms with E-state index in [1.807, 2.05) is 0 Å². The Morgan fingerprint density at radius 1 is 1.13 bits per heavy atom. The molecule has 0 aliphatic rings. The minimum Gasteiger partial charge on any atom is -0.463 e. The molecule has 0 radical (unpaired) electrons. The highest BCUT2D eigenvalue weighted by Gasteiger charge is 2.09. The molecular weight excluding hydrogens is 318 g/mol. The van der Waals surface area contributed by atoms with Gasteiger partial charge in [-0.3, -0.25) is 9.59 Å². The van der Waals surface area contributed by atoms with E-state index >= 15 is 0 Å². The molecule has 7 heteroatoms. The Morgan fingerprint density at radius 3 is 2.57 bits per heavy atom. The van der Waals surface area contributed by atoms with Crippen molar-refractivity contribution in [3.8, 4) is 0 Å². The van der Waals surface area contributed by atoms with Crippen molar-refractivity contribution in [2.45, 2.75) is 19.8 Å². The lowest BCUT2D eigenvalue weighted by atomic mass is 10.2. The zero-order chi connectivity index (χ0) is 16.7. The maximum absolute atomic E-state index is 11.8. The van der Waals surface area contributed by atoms with Crippen LogP contribution in [0.2, 0.25) is 5.02 Å². The van der Waals surface area contributed by atoms with Crippen molar-refractivity contribution < 1.29 is 14.0 Å². The van der Waals surface area contributed by atoms with E-state index in [2.05, 4.69) is 15.8 Å². The fourth-order valence-electron chi connectivity index (χ4n) is 1.74. The molecule has 2 aromatic rings. The van der Waals surface area contributed by atoms with E-state index in [1.165, 1.54) is 6.26 Å². The molecule has 120 valence electrons. The number of para-hydroxylation sites is 1. The molecule has 0 atom stereocenters. The lowest BCUT2D eigenvalue weighted by molar-refractivity contribution is -0.124. The van der Waals surface area contributed by atoms with Gasteiger partial charge in [0.25, 0.3) is 0 Å². The van der Waals surface area contributed by atoms with E-state index in [0.717, 1.165) is 0 Å². The first kappa shape index (κ1) is 16.8. The lowest BCUT2D eigenvalue weighted by Crippen LogP contribution is -2.21. The molecule has 2 N–H and O–H groups in total. The van der Waals surface area contributed by atoms with Crippen molar-refractivity contribution >= 4 is 34.8 Å². The minimum absolute atomic E-state index is 0.0191. The van der Waals surface area contributed by atoms with Crippen molar-refractivity contribution in [3.05, 3.63) is 53.4 Å². The summed E-state index contributed by atoms with van der Waals surface area (Å²) in [6.45, 7) is 1.71. The number of carbonyl (C=O) groups is 2. The van der Waals surface area contributed by atoms with E-state index in [0.29, 0.717) is 22.2 Å². The highest BCUT2D eigenvalue weighted by Crippen LogP contribution is 2.20. The van der Waals surface area contributed by atoms with Gasteiger partial charge in [-0.1, -0.05) is 23.7 Å². The smallest absolute Gasteiger partial charge is 0.240 e. The van der Waals surface area contributed by atoms with Gasteiger partial charge in [-0.2, -0.15) is 5.10 Å². The van der Waals surface area contributed by atoms with Gasteiger partial charge in [-0.05, 0) is 31.2 Å². The molecule has 0 fully saturated rings. The van der Waals surface area contributed by atoms with Crippen LogP contribution in [0, 0.1) is 0 Å². The lowest BCUT2D eigenvalue weighted by Gasteiger charge is -2.06. The first-order valence-corrected chi connectivity index (χ1v) is 7.35. The SMILES string of the molecule is C/C(=N/NC(=O)CCC(=O)Nc1ccccc1Cl)c1ccco1. The van der Waals surface area contributed by atoms with Crippen LogP contribution in [0.4, 0.5) is 5.69 Å². The Morgan fingerprint density at radius 2 is 1.87 bits per heavy atom. The molecule has 0 bridgehead atoms. The van der Waals surface area contributed by atoms with Crippen molar-refractivity contribution in [2.75, 3.05) is 5.32 Å². The zero-order valence-corrected chi connectivity index (χ0v) is 13.3. The second-order valence-corrected chi connectivity index (χ2v) is 5.14. The molecule has 0 saturated carbocycles. The van der Waals surface area contributed by atoms with Crippen LogP contribution in [0.3, 0.4) is 0 Å². The highest BCUT2D eigenvalue weighted by atomic mass is 35.5. The first-order chi connectivity index (χ1) is 11.1.